The standard InChI is InChI=1S/C17H23N3O4/c1-2-24-15-5-3-14(4-6-15)20-12-13(11-16(20)21)18-17(22)19-7-9-23-10-8-19/h3-6,13H,2,7-12H2,1H3,(H,18,22)/t13-/m0/s1. The van der Waals surface area contributed by atoms with Crippen LogP contribution in [0.25, 0.3) is 0 Å². The molecule has 0 spiro atoms. The third kappa shape index (κ3) is 3.79. The number of anilines is 1. The summed E-state index contributed by atoms with van der Waals surface area (Å²) in [6.45, 7) is 5.34. The Hall–Kier alpha value is -2.28. The zero-order chi connectivity index (χ0) is 16.9. The fraction of sp³-hybridized carbons (Fsp3) is 0.529. The maximum Gasteiger partial charge on any atom is 0.317 e. The van der Waals surface area contributed by atoms with Gasteiger partial charge in [0.05, 0.1) is 25.9 Å². The van der Waals surface area contributed by atoms with Crippen LogP contribution in [0.5, 0.6) is 5.75 Å². The summed E-state index contributed by atoms with van der Waals surface area (Å²) in [6.07, 6.45) is 0.323. The molecule has 2 aliphatic heterocycles. The number of carbonyl (C=O) groups excluding carboxylic acids is 2. The van der Waals surface area contributed by atoms with Crippen LogP contribution in [0.3, 0.4) is 0 Å². The molecule has 0 saturated carbocycles. The molecule has 2 fully saturated rings. The van der Waals surface area contributed by atoms with Gasteiger partial charge < -0.3 is 24.6 Å². The van der Waals surface area contributed by atoms with Crippen molar-refractivity contribution in [3.63, 3.8) is 0 Å². The first kappa shape index (κ1) is 16.6. The number of hydrogen-bond donors (Lipinski definition) is 1. The Bertz CT molecular complexity index is 584. The van der Waals surface area contributed by atoms with Gasteiger partial charge in [0.15, 0.2) is 0 Å². The van der Waals surface area contributed by atoms with Crippen molar-refractivity contribution >= 4 is 17.6 Å². The minimum atomic E-state index is -0.167. The van der Waals surface area contributed by atoms with Crippen molar-refractivity contribution in [3.8, 4) is 5.75 Å². The largest absolute Gasteiger partial charge is 0.494 e. The van der Waals surface area contributed by atoms with Crippen molar-refractivity contribution in [1.82, 2.24) is 10.2 Å². The summed E-state index contributed by atoms with van der Waals surface area (Å²) < 4.78 is 10.7. The lowest BCUT2D eigenvalue weighted by atomic mass is 10.2. The van der Waals surface area contributed by atoms with Gasteiger partial charge >= 0.3 is 6.03 Å². The molecule has 130 valence electrons. The highest BCUT2D eigenvalue weighted by Gasteiger charge is 2.32. The normalized spacial score (nSPS) is 21.0. The molecule has 0 aromatic heterocycles. The van der Waals surface area contributed by atoms with Crippen molar-refractivity contribution in [2.24, 2.45) is 0 Å². The minimum Gasteiger partial charge on any atom is -0.494 e. The van der Waals surface area contributed by atoms with Gasteiger partial charge in [-0.2, -0.15) is 0 Å². The Morgan fingerprint density at radius 1 is 1.29 bits per heavy atom. The topological polar surface area (TPSA) is 71.1 Å². The molecule has 0 unspecified atom stereocenters. The number of nitrogens with one attached hydrogen (secondary N) is 1. The number of urea groups is 1. The Morgan fingerprint density at radius 2 is 2.00 bits per heavy atom. The smallest absolute Gasteiger partial charge is 0.317 e. The van der Waals surface area contributed by atoms with Crippen LogP contribution in [0, 0.1) is 0 Å². The number of amides is 3. The Balaban J connectivity index is 1.57. The Labute approximate surface area is 141 Å². The summed E-state index contributed by atoms with van der Waals surface area (Å²) in [5.41, 5.74) is 0.826. The summed E-state index contributed by atoms with van der Waals surface area (Å²) in [5, 5.41) is 2.95. The van der Waals surface area contributed by atoms with Gasteiger partial charge in [-0.25, -0.2) is 4.79 Å². The molecular weight excluding hydrogens is 310 g/mol. The van der Waals surface area contributed by atoms with E-state index in [9.17, 15) is 9.59 Å². The Kier molecular flexibility index (Phi) is 5.20. The highest BCUT2D eigenvalue weighted by molar-refractivity contribution is 5.96. The van der Waals surface area contributed by atoms with Crippen molar-refractivity contribution in [2.45, 2.75) is 19.4 Å². The number of morpholine rings is 1. The van der Waals surface area contributed by atoms with Crippen LogP contribution in [0.1, 0.15) is 13.3 Å². The fourth-order valence-corrected chi connectivity index (χ4v) is 2.98. The third-order valence-corrected chi connectivity index (χ3v) is 4.21. The predicted octanol–water partition coefficient (Wildman–Crippen LogP) is 1.23. The molecule has 1 aromatic rings. The molecule has 2 saturated heterocycles. The van der Waals surface area contributed by atoms with Crippen LogP contribution in [0.2, 0.25) is 0 Å². The third-order valence-electron chi connectivity index (χ3n) is 4.21. The zero-order valence-electron chi connectivity index (χ0n) is 13.9. The van der Waals surface area contributed by atoms with Gasteiger partial charge in [0, 0.05) is 31.7 Å². The van der Waals surface area contributed by atoms with E-state index in [-0.39, 0.29) is 18.0 Å². The highest BCUT2D eigenvalue weighted by Crippen LogP contribution is 2.24. The summed E-state index contributed by atoms with van der Waals surface area (Å²) in [7, 11) is 0. The van der Waals surface area contributed by atoms with Crippen LogP contribution in [0.4, 0.5) is 10.5 Å². The molecular formula is C17H23N3O4. The molecule has 1 aromatic carbocycles. The van der Waals surface area contributed by atoms with E-state index in [2.05, 4.69) is 5.32 Å². The summed E-state index contributed by atoms with van der Waals surface area (Å²) >= 11 is 0. The maximum absolute atomic E-state index is 12.3. The molecule has 24 heavy (non-hydrogen) atoms. The lowest BCUT2D eigenvalue weighted by Gasteiger charge is -2.28. The molecule has 1 N–H and O–H groups in total. The molecule has 2 heterocycles. The van der Waals surface area contributed by atoms with Crippen molar-refractivity contribution < 1.29 is 19.1 Å². The number of rotatable bonds is 4. The average molecular weight is 333 g/mol. The van der Waals surface area contributed by atoms with Crippen molar-refractivity contribution in [2.75, 3.05) is 44.4 Å². The molecule has 0 bridgehead atoms. The SMILES string of the molecule is CCOc1ccc(N2C[C@@H](NC(=O)N3CCOCC3)CC2=O)cc1. The number of ether oxygens (including phenoxy) is 2. The minimum absolute atomic E-state index is 0.0198. The van der Waals surface area contributed by atoms with Crippen LogP contribution < -0.4 is 15.0 Å². The fourth-order valence-electron chi connectivity index (χ4n) is 2.98. The van der Waals surface area contributed by atoms with Gasteiger partial charge in [-0.1, -0.05) is 0 Å². The van der Waals surface area contributed by atoms with Gasteiger partial charge in [-0.05, 0) is 31.2 Å². The van der Waals surface area contributed by atoms with Crippen LogP contribution in [-0.2, 0) is 9.53 Å². The lowest BCUT2D eigenvalue weighted by molar-refractivity contribution is -0.117. The van der Waals surface area contributed by atoms with Crippen molar-refractivity contribution in [1.29, 1.82) is 0 Å². The van der Waals surface area contributed by atoms with Gasteiger partial charge in [-0.15, -0.1) is 0 Å². The highest BCUT2D eigenvalue weighted by atomic mass is 16.5. The van der Waals surface area contributed by atoms with Crippen LogP contribution in [-0.4, -0.2) is 62.3 Å². The first-order chi connectivity index (χ1) is 11.7. The van der Waals surface area contributed by atoms with E-state index in [1.54, 1.807) is 9.80 Å². The molecule has 7 heteroatoms. The summed E-state index contributed by atoms with van der Waals surface area (Å²) in [5.74, 6) is 0.802. The number of carbonyl (C=O) groups is 2. The van der Waals surface area contributed by atoms with E-state index in [1.807, 2.05) is 31.2 Å². The van der Waals surface area contributed by atoms with E-state index in [1.165, 1.54) is 0 Å². The molecule has 3 rings (SSSR count). The number of hydrogen-bond acceptors (Lipinski definition) is 4. The van der Waals surface area contributed by atoms with Crippen LogP contribution in [0.15, 0.2) is 24.3 Å². The second kappa shape index (κ2) is 7.53. The number of benzene rings is 1. The first-order valence-electron chi connectivity index (χ1n) is 8.34. The van der Waals surface area contributed by atoms with Crippen molar-refractivity contribution in [3.05, 3.63) is 24.3 Å². The molecule has 2 aliphatic rings. The quantitative estimate of drug-likeness (QED) is 0.900. The first-order valence-corrected chi connectivity index (χ1v) is 8.34. The van der Waals surface area contributed by atoms with E-state index >= 15 is 0 Å². The second-order valence-corrected chi connectivity index (χ2v) is 5.88. The van der Waals surface area contributed by atoms with Gasteiger partial charge in [0.1, 0.15) is 5.75 Å². The molecule has 0 aliphatic carbocycles. The lowest BCUT2D eigenvalue weighted by Crippen LogP contribution is -2.49. The van der Waals surface area contributed by atoms with E-state index in [4.69, 9.17) is 9.47 Å². The molecule has 1 atom stereocenters. The van der Waals surface area contributed by atoms with E-state index < -0.39 is 0 Å². The molecule has 7 nitrogen and oxygen atoms in total. The van der Waals surface area contributed by atoms with Gasteiger partial charge in [0.25, 0.3) is 0 Å². The number of nitrogens with zero attached hydrogens (tertiary/aromatic N) is 2. The van der Waals surface area contributed by atoms with Gasteiger partial charge in [-0.3, -0.25) is 4.79 Å². The summed E-state index contributed by atoms with van der Waals surface area (Å²) in [4.78, 5) is 27.9. The van der Waals surface area contributed by atoms with E-state index in [0.717, 1.165) is 11.4 Å². The predicted molar refractivity (Wildman–Crippen MR) is 89.3 cm³/mol. The summed E-state index contributed by atoms with van der Waals surface area (Å²) in [6, 6.07) is 7.16. The molecule has 0 radical (unpaired) electrons. The Morgan fingerprint density at radius 3 is 2.67 bits per heavy atom. The molecule has 3 amide bonds. The monoisotopic (exact) mass is 333 g/mol. The van der Waals surface area contributed by atoms with E-state index in [0.29, 0.717) is 45.9 Å². The van der Waals surface area contributed by atoms with Crippen LogP contribution >= 0.6 is 0 Å². The second-order valence-electron chi connectivity index (χ2n) is 5.88. The zero-order valence-corrected chi connectivity index (χ0v) is 13.9. The van der Waals surface area contributed by atoms with Gasteiger partial charge in [0.2, 0.25) is 5.91 Å². The average Bonchev–Trinajstić information content (AvgIpc) is 2.97. The maximum atomic E-state index is 12.3.